The maximum Gasteiger partial charge on any atom is 0.253 e. The number of nitrogens with zero attached hydrogens (tertiary/aromatic N) is 1. The van der Waals surface area contributed by atoms with Gasteiger partial charge in [0.1, 0.15) is 17.7 Å². The zero-order valence-electron chi connectivity index (χ0n) is 10.6. The average Bonchev–Trinajstić information content (AvgIpc) is 2.76. The van der Waals surface area contributed by atoms with E-state index >= 15 is 0 Å². The van der Waals surface area contributed by atoms with Crippen LogP contribution < -0.4 is 10.3 Å². The second-order valence-electron chi connectivity index (χ2n) is 4.84. The summed E-state index contributed by atoms with van der Waals surface area (Å²) < 4.78 is 20.5. The molecule has 0 aliphatic carbocycles. The molecule has 0 spiro atoms. The number of halogens is 1. The van der Waals surface area contributed by atoms with E-state index in [0.29, 0.717) is 24.3 Å². The van der Waals surface area contributed by atoms with E-state index in [4.69, 9.17) is 4.74 Å². The Labute approximate surface area is 110 Å². The van der Waals surface area contributed by atoms with Crippen molar-refractivity contribution in [3.8, 4) is 5.75 Å². The third kappa shape index (κ3) is 2.26. The van der Waals surface area contributed by atoms with Crippen LogP contribution in [0.3, 0.4) is 0 Å². The van der Waals surface area contributed by atoms with Crippen molar-refractivity contribution in [1.82, 2.24) is 4.57 Å². The molecule has 0 bridgehead atoms. The Morgan fingerprint density at radius 1 is 1.42 bits per heavy atom. The molecule has 0 radical (unpaired) electrons. The van der Waals surface area contributed by atoms with E-state index in [1.165, 1.54) is 12.1 Å². The van der Waals surface area contributed by atoms with E-state index in [9.17, 15) is 9.18 Å². The van der Waals surface area contributed by atoms with Gasteiger partial charge in [-0.3, -0.25) is 4.79 Å². The Kier molecular flexibility index (Phi) is 2.85. The largest absolute Gasteiger partial charge is 0.488 e. The molecule has 3 nitrogen and oxygen atoms in total. The topological polar surface area (TPSA) is 31.2 Å². The Hall–Kier alpha value is -2.10. The summed E-state index contributed by atoms with van der Waals surface area (Å²) in [6.07, 6.45) is 2.27. The van der Waals surface area contributed by atoms with E-state index in [1.807, 2.05) is 6.07 Å². The van der Waals surface area contributed by atoms with Gasteiger partial charge in [0.2, 0.25) is 0 Å². The summed E-state index contributed by atoms with van der Waals surface area (Å²) in [5.41, 5.74) is 1.57. The number of aryl methyl sites for hydroxylation is 1. The highest BCUT2D eigenvalue weighted by atomic mass is 19.1. The molecule has 2 heterocycles. The minimum atomic E-state index is -0.254. The highest BCUT2D eigenvalue weighted by Crippen LogP contribution is 2.29. The Balaban J connectivity index is 1.81. The number of fused-ring (bicyclic) bond motifs is 1. The molecule has 1 atom stereocenters. The van der Waals surface area contributed by atoms with E-state index in [2.05, 4.69) is 0 Å². The number of ether oxygens (including phenoxy) is 1. The maximum absolute atomic E-state index is 13.1. The highest BCUT2D eigenvalue weighted by Gasteiger charge is 2.23. The summed E-state index contributed by atoms with van der Waals surface area (Å²) in [6.45, 7) is 2.27. The van der Waals surface area contributed by atoms with E-state index in [0.717, 1.165) is 5.56 Å². The monoisotopic (exact) mass is 259 g/mol. The molecule has 1 aliphatic heterocycles. The highest BCUT2D eigenvalue weighted by molar-refractivity contribution is 5.37. The first-order valence-electron chi connectivity index (χ1n) is 6.24. The fourth-order valence-corrected chi connectivity index (χ4v) is 2.41. The first-order valence-corrected chi connectivity index (χ1v) is 6.24. The minimum Gasteiger partial charge on any atom is -0.488 e. The predicted molar refractivity (Wildman–Crippen MR) is 70.0 cm³/mol. The van der Waals surface area contributed by atoms with Crippen LogP contribution in [0.2, 0.25) is 0 Å². The van der Waals surface area contributed by atoms with Crippen LogP contribution in [0.4, 0.5) is 4.39 Å². The molecule has 0 N–H and O–H groups in total. The first kappa shape index (κ1) is 12.0. The second-order valence-corrected chi connectivity index (χ2v) is 4.84. The van der Waals surface area contributed by atoms with Gasteiger partial charge in [-0.05, 0) is 31.2 Å². The van der Waals surface area contributed by atoms with Crippen LogP contribution in [0.15, 0.2) is 41.3 Å². The van der Waals surface area contributed by atoms with Gasteiger partial charge in [-0.25, -0.2) is 4.39 Å². The molecule has 3 rings (SSSR count). The molecule has 0 fully saturated rings. The molecule has 1 aliphatic rings. The number of rotatable bonds is 2. The number of hydrogen-bond acceptors (Lipinski definition) is 2. The summed E-state index contributed by atoms with van der Waals surface area (Å²) in [6, 6.07) is 8.16. The number of aromatic nitrogens is 1. The number of benzene rings is 1. The summed E-state index contributed by atoms with van der Waals surface area (Å²) >= 11 is 0. The van der Waals surface area contributed by atoms with Gasteiger partial charge in [0, 0.05) is 23.7 Å². The molecular weight excluding hydrogens is 245 g/mol. The Morgan fingerprint density at radius 3 is 3.11 bits per heavy atom. The maximum atomic E-state index is 13.1. The van der Waals surface area contributed by atoms with E-state index < -0.39 is 0 Å². The van der Waals surface area contributed by atoms with Crippen LogP contribution in [0, 0.1) is 12.7 Å². The third-order valence-electron chi connectivity index (χ3n) is 3.37. The summed E-state index contributed by atoms with van der Waals surface area (Å²) in [7, 11) is 0. The van der Waals surface area contributed by atoms with Crippen molar-refractivity contribution in [1.29, 1.82) is 0 Å². The first-order chi connectivity index (χ1) is 9.13. The summed E-state index contributed by atoms with van der Waals surface area (Å²) in [5, 5.41) is 0. The van der Waals surface area contributed by atoms with E-state index in [-0.39, 0.29) is 17.5 Å². The molecular formula is C15H14FNO2. The van der Waals surface area contributed by atoms with Gasteiger partial charge in [-0.15, -0.1) is 0 Å². The van der Waals surface area contributed by atoms with Crippen LogP contribution in [0.1, 0.15) is 11.1 Å². The van der Waals surface area contributed by atoms with Crippen molar-refractivity contribution < 1.29 is 9.13 Å². The van der Waals surface area contributed by atoms with Crippen molar-refractivity contribution in [3.63, 3.8) is 0 Å². The van der Waals surface area contributed by atoms with Gasteiger partial charge in [0.05, 0.1) is 6.54 Å². The summed E-state index contributed by atoms with van der Waals surface area (Å²) in [5.74, 6) is 0.461. The van der Waals surface area contributed by atoms with Crippen molar-refractivity contribution in [2.24, 2.45) is 0 Å². The third-order valence-corrected chi connectivity index (χ3v) is 3.37. The quantitative estimate of drug-likeness (QED) is 0.828. The van der Waals surface area contributed by atoms with Crippen molar-refractivity contribution in [2.75, 3.05) is 0 Å². The van der Waals surface area contributed by atoms with Gasteiger partial charge in [-0.1, -0.05) is 6.07 Å². The normalized spacial score (nSPS) is 17.1. The zero-order chi connectivity index (χ0) is 13.4. The van der Waals surface area contributed by atoms with Crippen LogP contribution in [0.5, 0.6) is 5.75 Å². The fourth-order valence-electron chi connectivity index (χ4n) is 2.41. The predicted octanol–water partition coefficient (Wildman–Crippen LogP) is 2.30. The molecule has 4 heteroatoms. The molecule has 0 saturated heterocycles. The Morgan fingerprint density at radius 2 is 2.26 bits per heavy atom. The number of pyridine rings is 1. The van der Waals surface area contributed by atoms with Crippen molar-refractivity contribution in [3.05, 3.63) is 63.8 Å². The van der Waals surface area contributed by atoms with Gasteiger partial charge < -0.3 is 9.30 Å². The lowest BCUT2D eigenvalue weighted by atomic mass is 10.1. The van der Waals surface area contributed by atoms with Crippen LogP contribution >= 0.6 is 0 Å². The fraction of sp³-hybridized carbons (Fsp3) is 0.267. The lowest BCUT2D eigenvalue weighted by Gasteiger charge is -2.13. The van der Waals surface area contributed by atoms with Crippen LogP contribution in [0.25, 0.3) is 0 Å². The van der Waals surface area contributed by atoms with Crippen LogP contribution in [-0.2, 0) is 13.0 Å². The van der Waals surface area contributed by atoms with Gasteiger partial charge in [0.25, 0.3) is 5.56 Å². The Bertz CT molecular complexity index is 678. The number of hydrogen-bond donors (Lipinski definition) is 0. The second kappa shape index (κ2) is 4.53. The average molecular weight is 259 g/mol. The van der Waals surface area contributed by atoms with Crippen molar-refractivity contribution in [2.45, 2.75) is 26.0 Å². The SMILES string of the molecule is Cc1cccn(CC2Cc3cc(F)ccc3O2)c1=O. The standard InChI is InChI=1S/C15H14FNO2/c1-10-3-2-6-17(15(10)18)9-13-8-11-7-12(16)4-5-14(11)19-13/h2-7,13H,8-9H2,1H3. The summed E-state index contributed by atoms with van der Waals surface area (Å²) in [4.78, 5) is 11.9. The molecule has 0 saturated carbocycles. The van der Waals surface area contributed by atoms with E-state index in [1.54, 1.807) is 29.8 Å². The molecule has 1 unspecified atom stereocenters. The molecule has 1 aromatic heterocycles. The van der Waals surface area contributed by atoms with Gasteiger partial charge in [-0.2, -0.15) is 0 Å². The minimum absolute atomic E-state index is 0.00626. The van der Waals surface area contributed by atoms with Crippen molar-refractivity contribution >= 4 is 0 Å². The molecule has 1 aromatic carbocycles. The van der Waals surface area contributed by atoms with Crippen LogP contribution in [-0.4, -0.2) is 10.7 Å². The smallest absolute Gasteiger partial charge is 0.253 e. The molecule has 98 valence electrons. The van der Waals surface area contributed by atoms with Gasteiger partial charge in [0.15, 0.2) is 0 Å². The lowest BCUT2D eigenvalue weighted by molar-refractivity contribution is 0.207. The molecule has 0 amide bonds. The molecule has 19 heavy (non-hydrogen) atoms. The lowest BCUT2D eigenvalue weighted by Crippen LogP contribution is -2.29. The van der Waals surface area contributed by atoms with Gasteiger partial charge >= 0.3 is 0 Å². The molecule has 2 aromatic rings. The zero-order valence-corrected chi connectivity index (χ0v) is 10.6.